The second kappa shape index (κ2) is 8.67. The highest BCUT2D eigenvalue weighted by atomic mass is 19.4. The minimum Gasteiger partial charge on any atom is -0.381 e. The van der Waals surface area contributed by atoms with Crippen molar-refractivity contribution in [1.82, 2.24) is 14.2 Å². The third-order valence-electron chi connectivity index (χ3n) is 6.14. The molecule has 0 unspecified atom stereocenters. The summed E-state index contributed by atoms with van der Waals surface area (Å²) >= 11 is 0. The van der Waals surface area contributed by atoms with Gasteiger partial charge in [-0.3, -0.25) is 4.57 Å². The summed E-state index contributed by atoms with van der Waals surface area (Å²) in [5.74, 6) is -2.64. The van der Waals surface area contributed by atoms with Gasteiger partial charge in [0.2, 0.25) is 0 Å². The van der Waals surface area contributed by atoms with Crippen LogP contribution < -0.4 is 10.5 Å². The summed E-state index contributed by atoms with van der Waals surface area (Å²) in [5.41, 5.74) is -2.79. The van der Waals surface area contributed by atoms with Crippen LogP contribution in [0.2, 0.25) is 0 Å². The zero-order chi connectivity index (χ0) is 24.0. The molecular formula is C20H21F6N3O4. The van der Waals surface area contributed by atoms with E-state index in [1.165, 1.54) is 0 Å². The van der Waals surface area contributed by atoms with Crippen LogP contribution in [0.25, 0.3) is 11.0 Å². The first-order valence-electron chi connectivity index (χ1n) is 10.4. The maximum atomic E-state index is 13.3. The molecule has 3 heterocycles. The van der Waals surface area contributed by atoms with E-state index in [0.717, 1.165) is 23.5 Å². The normalized spacial score (nSPS) is 19.8. The van der Waals surface area contributed by atoms with Crippen molar-refractivity contribution in [3.63, 3.8) is 0 Å². The molecule has 1 aromatic carbocycles. The highest BCUT2D eigenvalue weighted by Gasteiger charge is 2.43. The molecule has 2 aliphatic heterocycles. The van der Waals surface area contributed by atoms with E-state index >= 15 is 0 Å². The molecule has 33 heavy (non-hydrogen) atoms. The van der Waals surface area contributed by atoms with Crippen molar-refractivity contribution in [1.29, 1.82) is 0 Å². The summed E-state index contributed by atoms with van der Waals surface area (Å²) in [4.78, 5) is 30.8. The van der Waals surface area contributed by atoms with E-state index in [0.29, 0.717) is 57.3 Å². The standard InChI is InChI=1S/C20H21F6N3O4/c21-19(22,23)12-1-2-15-16(11-12)28(18(31)29(15)33-17(30)20(24,25)26)14-3-7-27(8-4-14)13-5-9-32-10-6-13/h1-2,11,13-14H,3-10H2. The van der Waals surface area contributed by atoms with Crippen LogP contribution in [-0.2, 0) is 15.7 Å². The summed E-state index contributed by atoms with van der Waals surface area (Å²) in [6.07, 6.45) is -7.60. The number of nitrogens with zero attached hydrogens (tertiary/aromatic N) is 3. The number of piperidine rings is 1. The SMILES string of the molecule is O=C(On1c(=O)n(C2CCN(C3CCOCC3)CC2)c2cc(C(F)(F)F)ccc21)C(F)(F)F. The summed E-state index contributed by atoms with van der Waals surface area (Å²) < 4.78 is 84.4. The molecule has 7 nitrogen and oxygen atoms in total. The highest BCUT2D eigenvalue weighted by Crippen LogP contribution is 2.33. The molecule has 0 radical (unpaired) electrons. The molecule has 4 rings (SSSR count). The van der Waals surface area contributed by atoms with Crippen molar-refractivity contribution in [3.8, 4) is 0 Å². The Morgan fingerprint density at radius 1 is 0.939 bits per heavy atom. The minimum absolute atomic E-state index is 0.121. The Morgan fingerprint density at radius 2 is 1.58 bits per heavy atom. The van der Waals surface area contributed by atoms with Gasteiger partial charge in [-0.05, 0) is 43.9 Å². The number of hydrogen-bond acceptors (Lipinski definition) is 5. The lowest BCUT2D eigenvalue weighted by atomic mass is 9.99. The van der Waals surface area contributed by atoms with Gasteiger partial charge in [0.1, 0.15) is 5.52 Å². The van der Waals surface area contributed by atoms with Gasteiger partial charge >= 0.3 is 24.0 Å². The van der Waals surface area contributed by atoms with Gasteiger partial charge in [-0.1, -0.05) is 0 Å². The lowest BCUT2D eigenvalue weighted by Crippen LogP contribution is -2.45. The number of imidazole rings is 1. The fourth-order valence-corrected chi connectivity index (χ4v) is 4.50. The fourth-order valence-electron chi connectivity index (χ4n) is 4.50. The third-order valence-corrected chi connectivity index (χ3v) is 6.14. The summed E-state index contributed by atoms with van der Waals surface area (Å²) in [7, 11) is 0. The van der Waals surface area contributed by atoms with Crippen LogP contribution in [0, 0.1) is 0 Å². The van der Waals surface area contributed by atoms with Crippen LogP contribution in [0.15, 0.2) is 23.0 Å². The molecule has 0 N–H and O–H groups in total. The number of alkyl halides is 6. The number of rotatable bonds is 3. The third kappa shape index (κ3) is 4.74. The Kier molecular flexibility index (Phi) is 6.20. The molecule has 0 aliphatic carbocycles. The average molecular weight is 481 g/mol. The summed E-state index contributed by atoms with van der Waals surface area (Å²) in [6, 6.07) is 1.89. The van der Waals surface area contributed by atoms with Gasteiger partial charge in [0, 0.05) is 38.4 Å². The molecule has 2 saturated heterocycles. The first-order valence-corrected chi connectivity index (χ1v) is 10.4. The number of carbonyl (C=O) groups is 1. The lowest BCUT2D eigenvalue weighted by molar-refractivity contribution is -0.199. The predicted octanol–water partition coefficient (Wildman–Crippen LogP) is 3.16. The fraction of sp³-hybridized carbons (Fsp3) is 0.600. The lowest BCUT2D eigenvalue weighted by Gasteiger charge is -2.39. The zero-order valence-corrected chi connectivity index (χ0v) is 17.3. The molecule has 2 aromatic rings. The number of halogens is 6. The number of aromatic nitrogens is 2. The molecule has 0 bridgehead atoms. The number of fused-ring (bicyclic) bond motifs is 1. The van der Waals surface area contributed by atoms with Gasteiger partial charge < -0.3 is 14.5 Å². The Hall–Kier alpha value is -2.54. The molecule has 0 amide bonds. The summed E-state index contributed by atoms with van der Waals surface area (Å²) in [6.45, 7) is 2.41. The molecule has 2 fully saturated rings. The zero-order valence-electron chi connectivity index (χ0n) is 17.3. The van der Waals surface area contributed by atoms with Gasteiger partial charge in [-0.15, -0.1) is 4.73 Å². The van der Waals surface area contributed by atoms with Crippen molar-refractivity contribution in [3.05, 3.63) is 34.2 Å². The van der Waals surface area contributed by atoms with Gasteiger partial charge in [0.25, 0.3) is 0 Å². The second-order valence-corrected chi connectivity index (χ2v) is 8.14. The first kappa shape index (κ1) is 23.6. The Bertz CT molecular complexity index is 1080. The minimum atomic E-state index is -5.38. The van der Waals surface area contributed by atoms with Gasteiger partial charge in [0.05, 0.1) is 11.1 Å². The number of benzene rings is 1. The molecule has 13 heteroatoms. The molecule has 0 atom stereocenters. The van der Waals surface area contributed by atoms with E-state index in [4.69, 9.17) is 4.74 Å². The average Bonchev–Trinajstić information content (AvgIpc) is 3.04. The topological polar surface area (TPSA) is 65.7 Å². The van der Waals surface area contributed by atoms with E-state index < -0.39 is 35.6 Å². The Balaban J connectivity index is 1.69. The predicted molar refractivity (Wildman–Crippen MR) is 103 cm³/mol. The van der Waals surface area contributed by atoms with Crippen molar-refractivity contribution < 1.29 is 40.7 Å². The quantitative estimate of drug-likeness (QED) is 0.631. The number of ether oxygens (including phenoxy) is 1. The van der Waals surface area contributed by atoms with Crippen LogP contribution >= 0.6 is 0 Å². The molecular weight excluding hydrogens is 460 g/mol. The monoisotopic (exact) mass is 481 g/mol. The van der Waals surface area contributed by atoms with Gasteiger partial charge in [-0.2, -0.15) is 26.3 Å². The molecule has 2 aliphatic rings. The smallest absolute Gasteiger partial charge is 0.381 e. The van der Waals surface area contributed by atoms with Crippen LogP contribution in [-0.4, -0.2) is 58.7 Å². The maximum Gasteiger partial charge on any atom is 0.493 e. The molecule has 0 saturated carbocycles. The van der Waals surface area contributed by atoms with Crippen molar-refractivity contribution in [2.75, 3.05) is 26.3 Å². The highest BCUT2D eigenvalue weighted by molar-refractivity contribution is 5.80. The van der Waals surface area contributed by atoms with E-state index in [-0.39, 0.29) is 15.8 Å². The number of likely N-dealkylation sites (tertiary alicyclic amines) is 1. The largest absolute Gasteiger partial charge is 0.493 e. The first-order chi connectivity index (χ1) is 15.5. The van der Waals surface area contributed by atoms with Crippen molar-refractivity contribution in [2.24, 2.45) is 0 Å². The number of carbonyl (C=O) groups excluding carboxylic acids is 1. The van der Waals surface area contributed by atoms with Gasteiger partial charge in [0.15, 0.2) is 0 Å². The van der Waals surface area contributed by atoms with Crippen LogP contribution in [0.5, 0.6) is 0 Å². The van der Waals surface area contributed by atoms with Crippen LogP contribution in [0.1, 0.15) is 37.3 Å². The molecule has 1 aromatic heterocycles. The van der Waals surface area contributed by atoms with Crippen LogP contribution in [0.4, 0.5) is 26.3 Å². The molecule has 0 spiro atoms. The molecule has 182 valence electrons. The Morgan fingerprint density at radius 3 is 2.15 bits per heavy atom. The van der Waals surface area contributed by atoms with E-state index in [1.54, 1.807) is 0 Å². The Labute approximate surface area is 183 Å². The summed E-state index contributed by atoms with van der Waals surface area (Å²) in [5, 5.41) is 0. The number of hydrogen-bond donors (Lipinski definition) is 0. The van der Waals surface area contributed by atoms with Crippen LogP contribution in [0.3, 0.4) is 0 Å². The van der Waals surface area contributed by atoms with Crippen molar-refractivity contribution >= 4 is 17.0 Å². The maximum absolute atomic E-state index is 13.3. The van der Waals surface area contributed by atoms with E-state index in [1.807, 2.05) is 0 Å². The van der Waals surface area contributed by atoms with E-state index in [9.17, 15) is 35.9 Å². The second-order valence-electron chi connectivity index (χ2n) is 8.14. The van der Waals surface area contributed by atoms with E-state index in [2.05, 4.69) is 9.74 Å². The van der Waals surface area contributed by atoms with Gasteiger partial charge in [-0.25, -0.2) is 9.59 Å². The van der Waals surface area contributed by atoms with Crippen molar-refractivity contribution in [2.45, 2.75) is 50.1 Å².